The predicted molar refractivity (Wildman–Crippen MR) is 120 cm³/mol. The van der Waals surface area contributed by atoms with Crippen molar-refractivity contribution in [1.82, 2.24) is 0 Å². The number of amides is 1. The number of nitrogens with zero attached hydrogens (tertiary/aromatic N) is 1. The van der Waals surface area contributed by atoms with Gasteiger partial charge in [-0.3, -0.25) is 14.5 Å². The van der Waals surface area contributed by atoms with Crippen LogP contribution in [0.1, 0.15) is 34.0 Å². The van der Waals surface area contributed by atoms with E-state index in [1.807, 2.05) is 30.3 Å². The first-order valence-corrected chi connectivity index (χ1v) is 11.1. The molecule has 1 aliphatic heterocycles. The second-order valence-corrected chi connectivity index (χ2v) is 8.71. The number of anilines is 1. The molecule has 0 spiro atoms. The number of Topliss-reactive ketones (excluding diaryl/α,β-unsaturated/α-hetero) is 1. The summed E-state index contributed by atoms with van der Waals surface area (Å²) in [5, 5.41) is 12.5. The van der Waals surface area contributed by atoms with Gasteiger partial charge in [-0.25, -0.2) is 0 Å². The van der Waals surface area contributed by atoms with Crippen molar-refractivity contribution in [3.8, 4) is 0 Å². The third-order valence-corrected chi connectivity index (χ3v) is 6.67. The quantitative estimate of drug-likeness (QED) is 0.467. The van der Waals surface area contributed by atoms with Crippen molar-refractivity contribution in [2.75, 3.05) is 4.90 Å². The Morgan fingerprint density at radius 3 is 2.45 bits per heavy atom. The van der Waals surface area contributed by atoms with Gasteiger partial charge in [-0.15, -0.1) is 11.3 Å². The molecule has 4 rings (SSSR count). The number of hydrogen-bond acceptors (Lipinski definition) is 4. The molecule has 1 amide bonds. The van der Waals surface area contributed by atoms with Crippen LogP contribution in [-0.4, -0.2) is 16.8 Å². The summed E-state index contributed by atoms with van der Waals surface area (Å²) in [5.74, 6) is -2.03. The summed E-state index contributed by atoms with van der Waals surface area (Å²) in [6, 6.07) is 14.5. The molecule has 2 heterocycles. The molecule has 1 aromatic heterocycles. The van der Waals surface area contributed by atoms with Gasteiger partial charge in [-0.2, -0.15) is 13.2 Å². The van der Waals surface area contributed by atoms with E-state index < -0.39 is 35.2 Å². The van der Waals surface area contributed by atoms with E-state index in [0.29, 0.717) is 11.3 Å². The first-order valence-electron chi connectivity index (χ1n) is 10.2. The zero-order valence-corrected chi connectivity index (χ0v) is 18.4. The highest BCUT2D eigenvalue weighted by Crippen LogP contribution is 2.45. The zero-order chi connectivity index (χ0) is 23.8. The molecule has 0 bridgehead atoms. The number of aryl methyl sites for hydroxylation is 2. The third-order valence-electron chi connectivity index (χ3n) is 5.59. The Balaban J connectivity index is 1.74. The minimum Gasteiger partial charge on any atom is -0.503 e. The van der Waals surface area contributed by atoms with Gasteiger partial charge in [0, 0.05) is 17.0 Å². The van der Waals surface area contributed by atoms with Crippen LogP contribution in [0, 0.1) is 6.92 Å². The number of benzene rings is 2. The van der Waals surface area contributed by atoms with Crippen LogP contribution in [0.4, 0.5) is 18.9 Å². The fourth-order valence-electron chi connectivity index (χ4n) is 3.94. The fourth-order valence-corrected chi connectivity index (χ4v) is 4.96. The summed E-state index contributed by atoms with van der Waals surface area (Å²) < 4.78 is 39.9. The average molecular weight is 472 g/mol. The Kier molecular flexibility index (Phi) is 6.12. The molecule has 0 fully saturated rings. The number of ketones is 1. The maximum absolute atomic E-state index is 13.3. The van der Waals surface area contributed by atoms with E-state index in [0.717, 1.165) is 28.2 Å². The Morgan fingerprint density at radius 2 is 1.82 bits per heavy atom. The van der Waals surface area contributed by atoms with Crippen LogP contribution >= 0.6 is 11.3 Å². The molecule has 3 aromatic rings. The Hall–Kier alpha value is -3.39. The summed E-state index contributed by atoms with van der Waals surface area (Å²) >= 11 is 1.28. The normalized spacial score (nSPS) is 16.5. The maximum atomic E-state index is 13.3. The SMILES string of the molecule is Cc1ccsc1C1C(C(=O)CCc2ccccc2)=C(O)C(=O)N1c1cccc(C(F)(F)F)c1. The molecular formula is C25H20F3NO3S. The number of aliphatic hydroxyl groups excluding tert-OH is 1. The fraction of sp³-hybridized carbons (Fsp3) is 0.200. The van der Waals surface area contributed by atoms with Crippen molar-refractivity contribution in [3.05, 3.63) is 98.9 Å². The number of thiophene rings is 1. The Bertz CT molecular complexity index is 1230. The Morgan fingerprint density at radius 1 is 1.09 bits per heavy atom. The molecule has 4 nitrogen and oxygen atoms in total. The van der Waals surface area contributed by atoms with Gasteiger partial charge in [0.25, 0.3) is 5.91 Å². The molecule has 0 saturated heterocycles. The molecule has 1 aliphatic rings. The summed E-state index contributed by atoms with van der Waals surface area (Å²) in [4.78, 5) is 28.0. The van der Waals surface area contributed by atoms with Crippen LogP contribution in [-0.2, 0) is 22.2 Å². The van der Waals surface area contributed by atoms with Crippen LogP contribution in [0.3, 0.4) is 0 Å². The first kappa shape index (κ1) is 22.8. The second-order valence-electron chi connectivity index (χ2n) is 7.76. The number of aliphatic hydroxyl groups is 1. The Labute approximate surface area is 192 Å². The van der Waals surface area contributed by atoms with E-state index in [9.17, 15) is 27.9 Å². The lowest BCUT2D eigenvalue weighted by Crippen LogP contribution is -2.31. The number of alkyl halides is 3. The van der Waals surface area contributed by atoms with Gasteiger partial charge in [0.15, 0.2) is 11.5 Å². The smallest absolute Gasteiger partial charge is 0.416 e. The number of hydrogen-bond donors (Lipinski definition) is 1. The van der Waals surface area contributed by atoms with E-state index in [2.05, 4.69) is 0 Å². The van der Waals surface area contributed by atoms with Gasteiger partial charge in [-0.1, -0.05) is 36.4 Å². The van der Waals surface area contributed by atoms with E-state index in [-0.39, 0.29) is 17.7 Å². The molecule has 1 unspecified atom stereocenters. The predicted octanol–water partition coefficient (Wildman–Crippen LogP) is 6.18. The van der Waals surface area contributed by atoms with Gasteiger partial charge >= 0.3 is 6.18 Å². The van der Waals surface area contributed by atoms with Crippen LogP contribution in [0.15, 0.2) is 77.4 Å². The lowest BCUT2D eigenvalue weighted by molar-refractivity contribution is -0.137. The van der Waals surface area contributed by atoms with Crippen LogP contribution in [0.25, 0.3) is 0 Å². The van der Waals surface area contributed by atoms with E-state index in [1.54, 1.807) is 18.4 Å². The van der Waals surface area contributed by atoms with Crippen LogP contribution in [0.2, 0.25) is 0 Å². The lowest BCUT2D eigenvalue weighted by Gasteiger charge is -2.27. The minimum atomic E-state index is -4.60. The van der Waals surface area contributed by atoms with E-state index >= 15 is 0 Å². The van der Waals surface area contributed by atoms with Crippen molar-refractivity contribution in [2.24, 2.45) is 0 Å². The summed E-state index contributed by atoms with van der Waals surface area (Å²) in [5.41, 5.74) is 0.661. The summed E-state index contributed by atoms with van der Waals surface area (Å²) in [6.07, 6.45) is -4.14. The van der Waals surface area contributed by atoms with Gasteiger partial charge in [-0.05, 0) is 54.1 Å². The van der Waals surface area contributed by atoms with Gasteiger partial charge in [0.05, 0.1) is 11.1 Å². The van der Waals surface area contributed by atoms with Crippen molar-refractivity contribution >= 4 is 28.7 Å². The number of carbonyl (C=O) groups is 2. The van der Waals surface area contributed by atoms with Gasteiger partial charge in [0.1, 0.15) is 6.04 Å². The molecule has 33 heavy (non-hydrogen) atoms. The molecular weight excluding hydrogens is 451 g/mol. The number of halogens is 3. The van der Waals surface area contributed by atoms with E-state index in [1.165, 1.54) is 23.5 Å². The van der Waals surface area contributed by atoms with Crippen LogP contribution < -0.4 is 4.90 Å². The van der Waals surface area contributed by atoms with Crippen molar-refractivity contribution in [1.29, 1.82) is 0 Å². The molecule has 0 aliphatic carbocycles. The summed E-state index contributed by atoms with van der Waals surface area (Å²) in [7, 11) is 0. The standard InChI is InChI=1S/C25H20F3NO3S/c1-15-12-13-33-23(15)21-20(19(30)11-10-16-6-3-2-4-7-16)22(31)24(32)29(21)18-9-5-8-17(14-18)25(26,27)28/h2-9,12-14,21,31H,10-11H2,1H3. The van der Waals surface area contributed by atoms with Gasteiger partial charge in [0.2, 0.25) is 0 Å². The van der Waals surface area contributed by atoms with Crippen molar-refractivity contribution in [3.63, 3.8) is 0 Å². The molecule has 8 heteroatoms. The van der Waals surface area contributed by atoms with Crippen molar-refractivity contribution < 1.29 is 27.9 Å². The van der Waals surface area contributed by atoms with E-state index in [4.69, 9.17) is 0 Å². The lowest BCUT2D eigenvalue weighted by atomic mass is 9.95. The third kappa shape index (κ3) is 4.43. The van der Waals surface area contributed by atoms with Crippen molar-refractivity contribution in [2.45, 2.75) is 32.0 Å². The average Bonchev–Trinajstić information content (AvgIpc) is 3.32. The topological polar surface area (TPSA) is 57.6 Å². The largest absolute Gasteiger partial charge is 0.503 e. The summed E-state index contributed by atoms with van der Waals surface area (Å²) in [6.45, 7) is 1.79. The highest BCUT2D eigenvalue weighted by atomic mass is 32.1. The monoisotopic (exact) mass is 471 g/mol. The highest BCUT2D eigenvalue weighted by Gasteiger charge is 2.45. The van der Waals surface area contributed by atoms with Gasteiger partial charge < -0.3 is 5.11 Å². The number of rotatable bonds is 6. The number of carbonyl (C=O) groups excluding carboxylic acids is 2. The minimum absolute atomic E-state index is 0.0370. The molecule has 170 valence electrons. The second kappa shape index (κ2) is 8.86. The molecule has 0 radical (unpaired) electrons. The maximum Gasteiger partial charge on any atom is 0.416 e. The molecule has 0 saturated carbocycles. The van der Waals surface area contributed by atoms with Crippen LogP contribution in [0.5, 0.6) is 0 Å². The zero-order valence-electron chi connectivity index (χ0n) is 17.6. The first-order chi connectivity index (χ1) is 15.7. The molecule has 1 N–H and O–H groups in total. The molecule has 1 atom stereocenters. The highest BCUT2D eigenvalue weighted by molar-refractivity contribution is 7.10. The molecule has 2 aromatic carbocycles.